The number of nitrogens with two attached hydrogens (primary N) is 1. The quantitative estimate of drug-likeness (QED) is 0.606. The summed E-state index contributed by atoms with van der Waals surface area (Å²) in [5, 5.41) is 0. The van der Waals surface area contributed by atoms with Crippen molar-refractivity contribution in [3.63, 3.8) is 0 Å². The van der Waals surface area contributed by atoms with Crippen LogP contribution in [0.15, 0.2) is 0 Å². The summed E-state index contributed by atoms with van der Waals surface area (Å²) in [6, 6.07) is 0.0656. The lowest BCUT2D eigenvalue weighted by Crippen LogP contribution is -2.27. The highest BCUT2D eigenvalue weighted by molar-refractivity contribution is 5.74. The Labute approximate surface area is 79.8 Å². The summed E-state index contributed by atoms with van der Waals surface area (Å²) in [7, 11) is 0. The molecule has 0 aromatic carbocycles. The smallest absolute Gasteiger partial charge is 0.243 e. The van der Waals surface area contributed by atoms with Crippen LogP contribution in [-0.2, 0) is 9.63 Å². The number of hydrogen-bond donors (Lipinski definition) is 2. The van der Waals surface area contributed by atoms with Crippen molar-refractivity contribution in [1.29, 1.82) is 0 Å². The Morgan fingerprint density at radius 2 is 2.08 bits per heavy atom. The summed E-state index contributed by atoms with van der Waals surface area (Å²) in [6.45, 7) is 6.47. The first-order valence-corrected chi connectivity index (χ1v) is 4.68. The normalized spacial score (nSPS) is 13.0. The van der Waals surface area contributed by atoms with Crippen LogP contribution in [0.25, 0.3) is 0 Å². The van der Waals surface area contributed by atoms with Gasteiger partial charge >= 0.3 is 0 Å². The number of hydrogen-bond acceptors (Lipinski definition) is 3. The zero-order chi connectivity index (χ0) is 10.3. The summed E-state index contributed by atoms with van der Waals surface area (Å²) >= 11 is 0. The van der Waals surface area contributed by atoms with Crippen molar-refractivity contribution < 1.29 is 9.63 Å². The molecular formula is C9H20N2O2. The minimum Gasteiger partial charge on any atom is -0.328 e. The fourth-order valence-electron chi connectivity index (χ4n) is 0.699. The summed E-state index contributed by atoms with van der Waals surface area (Å²) in [4.78, 5) is 16.0. The molecule has 4 nitrogen and oxygen atoms in total. The fraction of sp³-hybridized carbons (Fsp3) is 0.889. The third-order valence-corrected chi connectivity index (χ3v) is 1.43. The molecule has 0 fully saturated rings. The van der Waals surface area contributed by atoms with E-state index in [-0.39, 0.29) is 11.9 Å². The van der Waals surface area contributed by atoms with E-state index >= 15 is 0 Å². The number of rotatable bonds is 6. The van der Waals surface area contributed by atoms with Crippen molar-refractivity contribution in [2.24, 2.45) is 11.7 Å². The van der Waals surface area contributed by atoms with Crippen molar-refractivity contribution in [2.45, 2.75) is 39.7 Å². The summed E-state index contributed by atoms with van der Waals surface area (Å²) in [5.41, 5.74) is 7.87. The molecule has 0 rings (SSSR count). The van der Waals surface area contributed by atoms with Crippen LogP contribution in [0.4, 0.5) is 0 Å². The number of carbonyl (C=O) groups excluding carboxylic acids is 1. The first-order chi connectivity index (χ1) is 6.02. The molecule has 0 bridgehead atoms. The van der Waals surface area contributed by atoms with Gasteiger partial charge in [-0.1, -0.05) is 13.8 Å². The molecule has 4 heteroatoms. The first kappa shape index (κ1) is 12.4. The van der Waals surface area contributed by atoms with Crippen molar-refractivity contribution in [3.05, 3.63) is 0 Å². The Morgan fingerprint density at radius 1 is 1.46 bits per heavy atom. The maximum atomic E-state index is 11.0. The maximum Gasteiger partial charge on any atom is 0.243 e. The Kier molecular flexibility index (Phi) is 6.54. The van der Waals surface area contributed by atoms with E-state index in [2.05, 4.69) is 5.48 Å². The van der Waals surface area contributed by atoms with E-state index in [0.29, 0.717) is 25.4 Å². The van der Waals surface area contributed by atoms with Crippen LogP contribution in [0.3, 0.4) is 0 Å². The number of amides is 1. The fourth-order valence-corrected chi connectivity index (χ4v) is 0.699. The van der Waals surface area contributed by atoms with Gasteiger partial charge in [0.25, 0.3) is 0 Å². The van der Waals surface area contributed by atoms with Gasteiger partial charge in [-0.3, -0.25) is 9.63 Å². The number of nitrogens with one attached hydrogen (secondary N) is 1. The van der Waals surface area contributed by atoms with E-state index in [4.69, 9.17) is 10.6 Å². The summed E-state index contributed by atoms with van der Waals surface area (Å²) in [6.07, 6.45) is 1.12. The zero-order valence-corrected chi connectivity index (χ0v) is 8.67. The second-order valence-electron chi connectivity index (χ2n) is 3.75. The Bertz CT molecular complexity index is 147. The molecule has 78 valence electrons. The predicted molar refractivity (Wildman–Crippen MR) is 51.8 cm³/mol. The van der Waals surface area contributed by atoms with Crippen LogP contribution < -0.4 is 11.2 Å². The second kappa shape index (κ2) is 6.86. The molecule has 0 heterocycles. The highest BCUT2D eigenvalue weighted by Crippen LogP contribution is 1.94. The highest BCUT2D eigenvalue weighted by Gasteiger charge is 2.03. The average Bonchev–Trinajstić information content (AvgIpc) is 2.00. The predicted octanol–water partition coefficient (Wildman–Crippen LogP) is 0.818. The standard InChI is InChI=1S/C9H20N2O2/c1-7(2)6-13-11-9(12)5-4-8(3)10/h7-8H,4-6,10H2,1-3H3,(H,11,12). The van der Waals surface area contributed by atoms with Gasteiger partial charge in [0.2, 0.25) is 5.91 Å². The zero-order valence-electron chi connectivity index (χ0n) is 8.67. The van der Waals surface area contributed by atoms with Gasteiger partial charge in [-0.05, 0) is 19.3 Å². The Morgan fingerprint density at radius 3 is 2.54 bits per heavy atom. The largest absolute Gasteiger partial charge is 0.328 e. The Balaban J connectivity index is 3.30. The SMILES string of the molecule is CC(C)CONC(=O)CCC(C)N. The minimum atomic E-state index is -0.0991. The molecule has 0 aliphatic rings. The summed E-state index contributed by atoms with van der Waals surface area (Å²) < 4.78 is 0. The molecule has 0 saturated heterocycles. The van der Waals surface area contributed by atoms with Gasteiger partial charge in [-0.15, -0.1) is 0 Å². The van der Waals surface area contributed by atoms with Crippen molar-refractivity contribution in [1.82, 2.24) is 5.48 Å². The second-order valence-corrected chi connectivity index (χ2v) is 3.75. The van der Waals surface area contributed by atoms with E-state index in [1.807, 2.05) is 20.8 Å². The Hall–Kier alpha value is -0.610. The maximum absolute atomic E-state index is 11.0. The highest BCUT2D eigenvalue weighted by atomic mass is 16.6. The van der Waals surface area contributed by atoms with Crippen LogP contribution in [-0.4, -0.2) is 18.6 Å². The van der Waals surface area contributed by atoms with E-state index in [1.54, 1.807) is 0 Å². The van der Waals surface area contributed by atoms with Gasteiger partial charge in [-0.25, -0.2) is 5.48 Å². The van der Waals surface area contributed by atoms with Gasteiger partial charge in [0.1, 0.15) is 0 Å². The van der Waals surface area contributed by atoms with Crippen LogP contribution in [0.1, 0.15) is 33.6 Å². The molecule has 13 heavy (non-hydrogen) atoms. The molecule has 3 N–H and O–H groups in total. The van der Waals surface area contributed by atoms with Crippen LogP contribution in [0.5, 0.6) is 0 Å². The molecule has 1 atom stereocenters. The molecule has 0 aliphatic heterocycles. The lowest BCUT2D eigenvalue weighted by atomic mass is 10.2. The van der Waals surface area contributed by atoms with Crippen LogP contribution in [0, 0.1) is 5.92 Å². The lowest BCUT2D eigenvalue weighted by molar-refractivity contribution is -0.134. The topological polar surface area (TPSA) is 64.3 Å². The van der Waals surface area contributed by atoms with Gasteiger partial charge in [0.05, 0.1) is 6.61 Å². The molecular weight excluding hydrogens is 168 g/mol. The number of carbonyl (C=O) groups is 1. The van der Waals surface area contributed by atoms with Crippen LogP contribution >= 0.6 is 0 Å². The van der Waals surface area contributed by atoms with Gasteiger partial charge in [-0.2, -0.15) is 0 Å². The molecule has 0 radical (unpaired) electrons. The van der Waals surface area contributed by atoms with Gasteiger partial charge in [0.15, 0.2) is 0 Å². The average molecular weight is 188 g/mol. The molecule has 1 unspecified atom stereocenters. The third kappa shape index (κ3) is 9.30. The van der Waals surface area contributed by atoms with Crippen molar-refractivity contribution in [3.8, 4) is 0 Å². The van der Waals surface area contributed by atoms with Crippen molar-refractivity contribution in [2.75, 3.05) is 6.61 Å². The molecule has 1 amide bonds. The molecule has 0 spiro atoms. The molecule has 0 aliphatic carbocycles. The van der Waals surface area contributed by atoms with Gasteiger partial charge in [0, 0.05) is 12.5 Å². The molecule has 0 aromatic rings. The third-order valence-electron chi connectivity index (χ3n) is 1.43. The summed E-state index contributed by atoms with van der Waals surface area (Å²) in [5.74, 6) is 0.326. The van der Waals surface area contributed by atoms with Gasteiger partial charge < -0.3 is 5.73 Å². The number of hydroxylamine groups is 1. The van der Waals surface area contributed by atoms with E-state index < -0.39 is 0 Å². The molecule has 0 aromatic heterocycles. The van der Waals surface area contributed by atoms with Crippen molar-refractivity contribution >= 4 is 5.91 Å². The van der Waals surface area contributed by atoms with E-state index in [0.717, 1.165) is 0 Å². The minimum absolute atomic E-state index is 0.0656. The molecule has 0 saturated carbocycles. The first-order valence-electron chi connectivity index (χ1n) is 4.68. The van der Waals surface area contributed by atoms with E-state index in [9.17, 15) is 4.79 Å². The monoisotopic (exact) mass is 188 g/mol. The van der Waals surface area contributed by atoms with E-state index in [1.165, 1.54) is 0 Å². The lowest BCUT2D eigenvalue weighted by Gasteiger charge is -2.08. The van der Waals surface area contributed by atoms with Crippen LogP contribution in [0.2, 0.25) is 0 Å².